The molecule has 0 aliphatic rings. The highest BCUT2D eigenvalue weighted by atomic mass is 19.1. The van der Waals surface area contributed by atoms with Gasteiger partial charge in [0.1, 0.15) is 11.6 Å². The van der Waals surface area contributed by atoms with Crippen molar-refractivity contribution >= 4 is 23.0 Å². The van der Waals surface area contributed by atoms with Crippen molar-refractivity contribution in [3.05, 3.63) is 54.1 Å². The molecule has 0 bridgehead atoms. The molecule has 0 fully saturated rings. The predicted molar refractivity (Wildman–Crippen MR) is 84.2 cm³/mol. The minimum Gasteiger partial charge on any atom is -0.353 e. The average Bonchev–Trinajstić information content (AvgIpc) is 2.43. The van der Waals surface area contributed by atoms with Crippen LogP contribution in [0.25, 0.3) is 0 Å². The molecule has 0 radical (unpaired) electrons. The Labute approximate surface area is 128 Å². The first-order chi connectivity index (χ1) is 10.3. The molecular weight excluding hydrogens is 286 g/mol. The van der Waals surface area contributed by atoms with E-state index >= 15 is 0 Å². The van der Waals surface area contributed by atoms with Crippen LogP contribution in [0, 0.1) is 17.0 Å². The topological polar surface area (TPSA) is 41.1 Å². The van der Waals surface area contributed by atoms with E-state index in [4.69, 9.17) is 0 Å². The van der Waals surface area contributed by atoms with Crippen molar-refractivity contribution in [2.24, 2.45) is 5.41 Å². The molecule has 0 saturated carbocycles. The van der Waals surface area contributed by atoms with Crippen LogP contribution in [0.2, 0.25) is 0 Å². The van der Waals surface area contributed by atoms with Crippen LogP contribution < -0.4 is 10.6 Å². The second-order valence-corrected chi connectivity index (χ2v) is 6.03. The van der Waals surface area contributed by atoms with E-state index in [9.17, 15) is 13.6 Å². The first kappa shape index (κ1) is 15.9. The molecule has 1 amide bonds. The molecule has 0 aliphatic heterocycles. The summed E-state index contributed by atoms with van der Waals surface area (Å²) < 4.78 is 26.4. The van der Waals surface area contributed by atoms with Gasteiger partial charge in [-0.05, 0) is 36.4 Å². The molecule has 0 aromatic heterocycles. The zero-order valence-corrected chi connectivity index (χ0v) is 12.7. The maximum Gasteiger partial charge on any atom is 0.229 e. The third kappa shape index (κ3) is 4.04. The number of hydrogen-bond donors (Lipinski definition) is 2. The Morgan fingerprint density at radius 2 is 1.55 bits per heavy atom. The van der Waals surface area contributed by atoms with E-state index in [0.29, 0.717) is 11.4 Å². The number of rotatable bonds is 3. The Hall–Kier alpha value is -2.43. The maximum absolute atomic E-state index is 13.6. The van der Waals surface area contributed by atoms with Crippen LogP contribution in [0.3, 0.4) is 0 Å². The normalized spacial score (nSPS) is 11.1. The maximum atomic E-state index is 13.6. The molecule has 3 nitrogen and oxygen atoms in total. The van der Waals surface area contributed by atoms with E-state index in [2.05, 4.69) is 10.6 Å². The lowest BCUT2D eigenvalue weighted by molar-refractivity contribution is -0.123. The van der Waals surface area contributed by atoms with Gasteiger partial charge in [0.25, 0.3) is 0 Å². The minimum atomic E-state index is -0.662. The van der Waals surface area contributed by atoms with E-state index in [-0.39, 0.29) is 11.6 Å². The number of anilines is 3. The van der Waals surface area contributed by atoms with Gasteiger partial charge < -0.3 is 10.6 Å². The molecule has 0 atom stereocenters. The van der Waals surface area contributed by atoms with Crippen molar-refractivity contribution in [2.45, 2.75) is 20.8 Å². The molecule has 2 rings (SSSR count). The van der Waals surface area contributed by atoms with Gasteiger partial charge in [-0.2, -0.15) is 0 Å². The van der Waals surface area contributed by atoms with Gasteiger partial charge in [0.2, 0.25) is 5.91 Å². The molecule has 2 N–H and O–H groups in total. The van der Waals surface area contributed by atoms with E-state index in [1.807, 2.05) is 20.8 Å². The van der Waals surface area contributed by atoms with Crippen LogP contribution in [0.5, 0.6) is 0 Å². The lowest BCUT2D eigenvalue weighted by Crippen LogP contribution is -2.27. The second kappa shape index (κ2) is 6.13. The lowest BCUT2D eigenvalue weighted by Gasteiger charge is -2.17. The number of carbonyl (C=O) groups is 1. The number of halogens is 2. The van der Waals surface area contributed by atoms with Crippen LogP contribution in [0.1, 0.15) is 20.8 Å². The Bertz CT molecular complexity index is 676. The third-order valence-electron chi connectivity index (χ3n) is 3.03. The highest BCUT2D eigenvalue weighted by molar-refractivity contribution is 5.94. The van der Waals surface area contributed by atoms with Crippen molar-refractivity contribution in [1.82, 2.24) is 0 Å². The van der Waals surface area contributed by atoms with E-state index in [0.717, 1.165) is 6.07 Å². The Morgan fingerprint density at radius 1 is 0.955 bits per heavy atom. The number of nitrogens with one attached hydrogen (secondary N) is 2. The summed E-state index contributed by atoms with van der Waals surface area (Å²) >= 11 is 0. The molecule has 2 aromatic carbocycles. The van der Waals surface area contributed by atoms with Crippen LogP contribution in [0.15, 0.2) is 42.5 Å². The molecule has 0 saturated heterocycles. The van der Waals surface area contributed by atoms with Gasteiger partial charge in [-0.1, -0.05) is 20.8 Å². The fourth-order valence-corrected chi connectivity index (χ4v) is 1.70. The van der Waals surface area contributed by atoms with E-state index < -0.39 is 17.0 Å². The predicted octanol–water partition coefficient (Wildman–Crippen LogP) is 4.69. The smallest absolute Gasteiger partial charge is 0.229 e. The third-order valence-corrected chi connectivity index (χ3v) is 3.03. The average molecular weight is 304 g/mol. The standard InChI is InChI=1S/C17H18F2N2O/c1-17(2,3)16(22)21-13-7-5-12(6-8-13)20-15-9-4-11(18)10-14(15)19/h4-10,20H,1-3H3,(H,21,22). The van der Waals surface area contributed by atoms with Gasteiger partial charge >= 0.3 is 0 Å². The first-order valence-electron chi connectivity index (χ1n) is 6.89. The number of carbonyl (C=O) groups excluding carboxylic acids is 1. The quantitative estimate of drug-likeness (QED) is 0.863. The highest BCUT2D eigenvalue weighted by Crippen LogP contribution is 2.23. The zero-order chi connectivity index (χ0) is 16.3. The van der Waals surface area contributed by atoms with Crippen molar-refractivity contribution in [1.29, 1.82) is 0 Å². The second-order valence-electron chi connectivity index (χ2n) is 6.03. The highest BCUT2D eigenvalue weighted by Gasteiger charge is 2.20. The van der Waals surface area contributed by atoms with Crippen molar-refractivity contribution in [3.63, 3.8) is 0 Å². The van der Waals surface area contributed by atoms with Crippen molar-refractivity contribution < 1.29 is 13.6 Å². The molecule has 2 aromatic rings. The van der Waals surface area contributed by atoms with Crippen molar-refractivity contribution in [3.8, 4) is 0 Å². The van der Waals surface area contributed by atoms with Crippen LogP contribution in [0.4, 0.5) is 25.8 Å². The fourth-order valence-electron chi connectivity index (χ4n) is 1.70. The molecule has 0 unspecified atom stereocenters. The summed E-state index contributed by atoms with van der Waals surface area (Å²) in [7, 11) is 0. The van der Waals surface area contributed by atoms with Crippen molar-refractivity contribution in [2.75, 3.05) is 10.6 Å². The fraction of sp³-hybridized carbons (Fsp3) is 0.235. The van der Waals surface area contributed by atoms with Gasteiger partial charge in [-0.25, -0.2) is 8.78 Å². The number of amides is 1. The molecular formula is C17H18F2N2O. The van der Waals surface area contributed by atoms with Gasteiger partial charge in [0.15, 0.2) is 0 Å². The zero-order valence-electron chi connectivity index (χ0n) is 12.7. The summed E-state index contributed by atoms with van der Waals surface area (Å²) in [6, 6.07) is 10.2. The van der Waals surface area contributed by atoms with Gasteiger partial charge in [-0.15, -0.1) is 0 Å². The Morgan fingerprint density at radius 3 is 2.09 bits per heavy atom. The van der Waals surface area contributed by atoms with Gasteiger partial charge in [-0.3, -0.25) is 4.79 Å². The lowest BCUT2D eigenvalue weighted by atomic mass is 9.95. The Kier molecular flexibility index (Phi) is 4.45. The van der Waals surface area contributed by atoms with Gasteiger partial charge in [0, 0.05) is 22.9 Å². The first-order valence-corrected chi connectivity index (χ1v) is 6.89. The summed E-state index contributed by atoms with van der Waals surface area (Å²) in [6.07, 6.45) is 0. The summed E-state index contributed by atoms with van der Waals surface area (Å²) in [5.74, 6) is -1.37. The minimum absolute atomic E-state index is 0.0854. The van der Waals surface area contributed by atoms with E-state index in [1.165, 1.54) is 12.1 Å². The number of benzene rings is 2. The molecule has 0 heterocycles. The summed E-state index contributed by atoms with van der Waals surface area (Å²) in [5.41, 5.74) is 1.01. The monoisotopic (exact) mass is 304 g/mol. The summed E-state index contributed by atoms with van der Waals surface area (Å²) in [5, 5.41) is 5.66. The van der Waals surface area contributed by atoms with Crippen LogP contribution in [-0.4, -0.2) is 5.91 Å². The molecule has 0 spiro atoms. The van der Waals surface area contributed by atoms with Gasteiger partial charge in [0.05, 0.1) is 5.69 Å². The molecule has 5 heteroatoms. The SMILES string of the molecule is CC(C)(C)C(=O)Nc1ccc(Nc2ccc(F)cc2F)cc1. The van der Waals surface area contributed by atoms with E-state index in [1.54, 1.807) is 24.3 Å². The van der Waals surface area contributed by atoms with Crippen LogP contribution >= 0.6 is 0 Å². The van der Waals surface area contributed by atoms with Crippen LogP contribution in [-0.2, 0) is 4.79 Å². The molecule has 0 aliphatic carbocycles. The molecule has 116 valence electrons. The Balaban J connectivity index is 2.07. The number of hydrogen-bond acceptors (Lipinski definition) is 2. The largest absolute Gasteiger partial charge is 0.353 e. The summed E-state index contributed by atoms with van der Waals surface area (Å²) in [4.78, 5) is 11.9. The molecule has 22 heavy (non-hydrogen) atoms. The summed E-state index contributed by atoms with van der Waals surface area (Å²) in [6.45, 7) is 5.49.